The van der Waals surface area contributed by atoms with Gasteiger partial charge in [-0.3, -0.25) is 5.10 Å². The predicted octanol–water partition coefficient (Wildman–Crippen LogP) is 4.69. The number of fused-ring (bicyclic) bond motifs is 1. The Kier molecular flexibility index (Phi) is 3.68. The van der Waals surface area contributed by atoms with Gasteiger partial charge in [-0.1, -0.05) is 20.8 Å². The first-order chi connectivity index (χ1) is 8.63. The molecule has 6 heteroatoms. The second-order valence-corrected chi connectivity index (χ2v) is 12.0. The van der Waals surface area contributed by atoms with Crippen LogP contribution in [-0.4, -0.2) is 18.5 Å². The van der Waals surface area contributed by atoms with Gasteiger partial charge in [-0.25, -0.2) is 4.39 Å². The Bertz CT molecular complexity index is 619. The highest BCUT2D eigenvalue weighted by Crippen LogP contribution is 2.39. The zero-order chi connectivity index (χ0) is 14.4. The lowest BCUT2D eigenvalue weighted by Gasteiger charge is -2.36. The lowest BCUT2D eigenvalue weighted by molar-refractivity contribution is 0.460. The fraction of sp³-hybridized carbons (Fsp3) is 0.462. The third kappa shape index (κ3) is 2.65. The summed E-state index contributed by atoms with van der Waals surface area (Å²) in [4.78, 5) is 0. The van der Waals surface area contributed by atoms with Crippen molar-refractivity contribution in [2.24, 2.45) is 0 Å². The van der Waals surface area contributed by atoms with Gasteiger partial charge in [0.2, 0.25) is 0 Å². The molecule has 0 fully saturated rings. The highest BCUT2D eigenvalue weighted by molar-refractivity contribution is 14.1. The molecule has 0 bridgehead atoms. The molecule has 1 heterocycles. The first-order valence-corrected chi connectivity index (χ1v) is 10.1. The molecule has 1 aromatic heterocycles. The molecule has 0 aliphatic heterocycles. The number of rotatable bonds is 2. The lowest BCUT2D eigenvalue weighted by atomic mass is 10.2. The average Bonchev–Trinajstić information content (AvgIpc) is 2.63. The summed E-state index contributed by atoms with van der Waals surface area (Å²) in [6, 6.07) is 3.47. The van der Waals surface area contributed by atoms with Crippen LogP contribution in [0.4, 0.5) is 4.39 Å². The van der Waals surface area contributed by atoms with Gasteiger partial charge in [0.25, 0.3) is 8.32 Å². The van der Waals surface area contributed by atoms with Gasteiger partial charge in [-0.2, -0.15) is 5.10 Å². The molecule has 0 saturated heterocycles. The molecular weight excluding hydrogens is 374 g/mol. The summed E-state index contributed by atoms with van der Waals surface area (Å²) in [7, 11) is -2.03. The molecule has 0 amide bonds. The normalized spacial score (nSPS) is 13.0. The molecule has 104 valence electrons. The molecule has 0 saturated carbocycles. The van der Waals surface area contributed by atoms with E-state index in [1.165, 1.54) is 0 Å². The highest BCUT2D eigenvalue weighted by Gasteiger charge is 2.39. The number of nitrogens with one attached hydrogen (secondary N) is 1. The number of aromatic amines is 1. The summed E-state index contributed by atoms with van der Waals surface area (Å²) in [6.45, 7) is 10.6. The van der Waals surface area contributed by atoms with Crippen LogP contribution in [0.5, 0.6) is 5.75 Å². The lowest BCUT2D eigenvalue weighted by Crippen LogP contribution is -2.44. The van der Waals surface area contributed by atoms with Gasteiger partial charge in [-0.15, -0.1) is 0 Å². The summed E-state index contributed by atoms with van der Waals surface area (Å²) in [5, 5.41) is 7.39. The Morgan fingerprint density at radius 3 is 2.53 bits per heavy atom. The first kappa shape index (κ1) is 14.8. The van der Waals surface area contributed by atoms with E-state index in [2.05, 4.69) is 44.1 Å². The number of benzene rings is 1. The van der Waals surface area contributed by atoms with Crippen LogP contribution < -0.4 is 4.43 Å². The Hall–Kier alpha value is -0.633. The van der Waals surface area contributed by atoms with E-state index in [9.17, 15) is 4.39 Å². The van der Waals surface area contributed by atoms with Crippen molar-refractivity contribution >= 4 is 41.8 Å². The molecule has 1 aromatic carbocycles. The zero-order valence-corrected chi connectivity index (χ0v) is 14.9. The number of halogens is 2. The van der Waals surface area contributed by atoms with E-state index in [0.717, 1.165) is 0 Å². The number of H-pyrrole nitrogens is 1. The van der Waals surface area contributed by atoms with E-state index in [1.807, 2.05) is 22.6 Å². The Labute approximate surface area is 127 Å². The van der Waals surface area contributed by atoms with Crippen molar-refractivity contribution in [1.29, 1.82) is 0 Å². The van der Waals surface area contributed by atoms with Gasteiger partial charge in [0.05, 0.1) is 10.9 Å². The zero-order valence-electron chi connectivity index (χ0n) is 11.8. The maximum atomic E-state index is 14.5. The third-order valence-corrected chi connectivity index (χ3v) is 8.87. The van der Waals surface area contributed by atoms with Crippen molar-refractivity contribution in [3.8, 4) is 5.75 Å². The molecule has 2 rings (SSSR count). The van der Waals surface area contributed by atoms with Crippen LogP contribution in [-0.2, 0) is 0 Å². The predicted molar refractivity (Wildman–Crippen MR) is 86.6 cm³/mol. The molecule has 19 heavy (non-hydrogen) atoms. The fourth-order valence-corrected chi connectivity index (χ4v) is 3.17. The quantitative estimate of drug-likeness (QED) is 0.595. The van der Waals surface area contributed by atoms with E-state index in [0.29, 0.717) is 20.4 Å². The van der Waals surface area contributed by atoms with Crippen molar-refractivity contribution in [3.63, 3.8) is 0 Å². The Balaban J connectivity index is 2.47. The van der Waals surface area contributed by atoms with E-state index in [4.69, 9.17) is 4.43 Å². The van der Waals surface area contributed by atoms with Crippen LogP contribution in [0.3, 0.4) is 0 Å². The summed E-state index contributed by atoms with van der Waals surface area (Å²) in [5.74, 6) is 0.0129. The van der Waals surface area contributed by atoms with Crippen molar-refractivity contribution in [2.45, 2.75) is 38.9 Å². The van der Waals surface area contributed by atoms with E-state index in [1.54, 1.807) is 12.1 Å². The summed E-state index contributed by atoms with van der Waals surface area (Å²) >= 11 is 2.05. The van der Waals surface area contributed by atoms with E-state index < -0.39 is 8.32 Å². The molecule has 0 radical (unpaired) electrons. The standard InChI is InChI=1S/C13H18FIN2OSi/c1-13(2,3)19(4,5)18-9-7-6-8-10(11(9)14)12(15)17-16-8/h6-7H,1-5H3,(H,16,17). The van der Waals surface area contributed by atoms with Gasteiger partial charge in [0.1, 0.15) is 9.45 Å². The number of nitrogens with zero attached hydrogens (tertiary/aromatic N) is 1. The van der Waals surface area contributed by atoms with Crippen LogP contribution in [0.1, 0.15) is 20.8 Å². The van der Waals surface area contributed by atoms with E-state index in [-0.39, 0.29) is 10.9 Å². The van der Waals surface area contributed by atoms with E-state index >= 15 is 0 Å². The Morgan fingerprint density at radius 1 is 1.32 bits per heavy atom. The minimum atomic E-state index is -2.03. The third-order valence-electron chi connectivity index (χ3n) is 3.75. The monoisotopic (exact) mass is 392 g/mol. The van der Waals surface area contributed by atoms with Gasteiger partial charge < -0.3 is 4.43 Å². The van der Waals surface area contributed by atoms with Crippen LogP contribution in [0.15, 0.2) is 12.1 Å². The number of aromatic nitrogens is 2. The molecule has 0 aliphatic carbocycles. The van der Waals surface area contributed by atoms with Crippen molar-refractivity contribution in [3.05, 3.63) is 21.7 Å². The second-order valence-electron chi connectivity index (χ2n) is 6.17. The largest absolute Gasteiger partial charge is 0.542 e. The first-order valence-electron chi connectivity index (χ1n) is 6.14. The highest BCUT2D eigenvalue weighted by atomic mass is 127. The summed E-state index contributed by atoms with van der Waals surface area (Å²) < 4.78 is 21.3. The van der Waals surface area contributed by atoms with Gasteiger partial charge in [0.15, 0.2) is 5.82 Å². The maximum Gasteiger partial charge on any atom is 0.250 e. The molecule has 0 spiro atoms. The number of hydrogen-bond donors (Lipinski definition) is 1. The van der Waals surface area contributed by atoms with Crippen molar-refractivity contribution < 1.29 is 8.82 Å². The maximum absolute atomic E-state index is 14.5. The molecular formula is C13H18FIN2OSi. The molecule has 2 aromatic rings. The molecule has 3 nitrogen and oxygen atoms in total. The SMILES string of the molecule is CC(C)(C)[Si](C)(C)Oc1ccc2n[nH]c(I)c2c1F. The van der Waals surface area contributed by atoms with Crippen molar-refractivity contribution in [2.75, 3.05) is 0 Å². The molecule has 0 aliphatic rings. The molecule has 0 unspecified atom stereocenters. The smallest absolute Gasteiger partial charge is 0.250 e. The van der Waals surface area contributed by atoms with Crippen LogP contribution in [0, 0.1) is 9.52 Å². The molecule has 0 atom stereocenters. The van der Waals surface area contributed by atoms with Gasteiger partial charge in [-0.05, 0) is 52.9 Å². The minimum absolute atomic E-state index is 0.0396. The summed E-state index contributed by atoms with van der Waals surface area (Å²) in [5.41, 5.74) is 0.629. The van der Waals surface area contributed by atoms with Crippen molar-refractivity contribution in [1.82, 2.24) is 10.2 Å². The topological polar surface area (TPSA) is 37.9 Å². The average molecular weight is 392 g/mol. The van der Waals surface area contributed by atoms with Crippen LogP contribution >= 0.6 is 22.6 Å². The van der Waals surface area contributed by atoms with Crippen LogP contribution in [0.2, 0.25) is 18.1 Å². The second kappa shape index (κ2) is 4.73. The minimum Gasteiger partial charge on any atom is -0.542 e. The van der Waals surface area contributed by atoms with Gasteiger partial charge in [0, 0.05) is 0 Å². The van der Waals surface area contributed by atoms with Crippen LogP contribution in [0.25, 0.3) is 10.9 Å². The van der Waals surface area contributed by atoms with Gasteiger partial charge >= 0.3 is 0 Å². The Morgan fingerprint density at radius 2 is 1.95 bits per heavy atom. The number of hydrogen-bond acceptors (Lipinski definition) is 2. The summed E-state index contributed by atoms with van der Waals surface area (Å²) in [6.07, 6.45) is 0. The molecule has 1 N–H and O–H groups in total. The fourth-order valence-electron chi connectivity index (χ4n) is 1.52.